The lowest BCUT2D eigenvalue weighted by atomic mass is 9.89. The van der Waals surface area contributed by atoms with Crippen LogP contribution in [-0.4, -0.2) is 42.4 Å². The van der Waals surface area contributed by atoms with E-state index in [0.717, 1.165) is 49.0 Å². The first-order chi connectivity index (χ1) is 13.5. The van der Waals surface area contributed by atoms with Crippen LogP contribution in [0.2, 0.25) is 0 Å². The predicted molar refractivity (Wildman–Crippen MR) is 105 cm³/mol. The molecule has 0 unspecified atom stereocenters. The van der Waals surface area contributed by atoms with Gasteiger partial charge in [0.2, 0.25) is 5.91 Å². The van der Waals surface area contributed by atoms with Crippen LogP contribution in [0, 0.1) is 17.2 Å². The Balaban J connectivity index is 1.52. The Morgan fingerprint density at radius 2 is 2.14 bits per heavy atom. The monoisotopic (exact) mass is 403 g/mol. The number of amides is 2. The highest BCUT2D eigenvalue weighted by atomic mass is 32.1. The summed E-state index contributed by atoms with van der Waals surface area (Å²) >= 11 is 1.44. The largest absolute Gasteiger partial charge is 0.454 e. The van der Waals surface area contributed by atoms with Gasteiger partial charge in [0.25, 0.3) is 5.91 Å². The normalized spacial score (nSPS) is 19.4. The Hall–Kier alpha value is -2.40. The van der Waals surface area contributed by atoms with Gasteiger partial charge in [-0.1, -0.05) is 13.3 Å². The number of hydrogen-bond donors (Lipinski definition) is 1. The van der Waals surface area contributed by atoms with Crippen molar-refractivity contribution in [3.05, 3.63) is 16.0 Å². The number of nitrogens with one attached hydrogen (secondary N) is 1. The molecule has 1 aromatic rings. The van der Waals surface area contributed by atoms with Crippen LogP contribution in [-0.2, 0) is 32.0 Å². The van der Waals surface area contributed by atoms with Gasteiger partial charge in [-0.2, -0.15) is 5.26 Å². The fourth-order valence-corrected chi connectivity index (χ4v) is 5.05. The van der Waals surface area contributed by atoms with Crippen LogP contribution in [0.25, 0.3) is 0 Å². The summed E-state index contributed by atoms with van der Waals surface area (Å²) in [5.41, 5.74) is 1.57. The second-order valence-corrected chi connectivity index (χ2v) is 8.61. The van der Waals surface area contributed by atoms with Gasteiger partial charge in [-0.15, -0.1) is 11.3 Å². The maximum atomic E-state index is 12.2. The van der Waals surface area contributed by atoms with Crippen LogP contribution in [0.15, 0.2) is 0 Å². The number of thiophene rings is 1. The van der Waals surface area contributed by atoms with E-state index in [1.807, 2.05) is 0 Å². The Kier molecular flexibility index (Phi) is 6.68. The Bertz CT molecular complexity index is 811. The molecule has 2 amide bonds. The molecule has 8 heteroatoms. The van der Waals surface area contributed by atoms with Crippen molar-refractivity contribution in [3.8, 4) is 6.07 Å². The van der Waals surface area contributed by atoms with Crippen LogP contribution in [0.1, 0.15) is 55.0 Å². The summed E-state index contributed by atoms with van der Waals surface area (Å²) in [5, 5.41) is 12.7. The molecule has 1 atom stereocenters. The highest BCUT2D eigenvalue weighted by Crippen LogP contribution is 2.39. The summed E-state index contributed by atoms with van der Waals surface area (Å²) in [6, 6.07) is 2.20. The molecule has 150 valence electrons. The van der Waals surface area contributed by atoms with Gasteiger partial charge in [0.1, 0.15) is 17.6 Å². The number of fused-ring (bicyclic) bond motifs is 1. The third kappa shape index (κ3) is 4.90. The molecule has 1 aliphatic carbocycles. The molecular weight excluding hydrogens is 378 g/mol. The SMILES string of the molecule is C[C@@H]1CCc2c(sc(NC(=O)COC(=O)CN3CCCCCC3=O)c2C#N)C1. The number of rotatable bonds is 5. The van der Waals surface area contributed by atoms with Gasteiger partial charge in [0, 0.05) is 17.8 Å². The van der Waals surface area contributed by atoms with Gasteiger partial charge in [-0.25, -0.2) is 0 Å². The van der Waals surface area contributed by atoms with E-state index in [0.29, 0.717) is 29.4 Å². The maximum absolute atomic E-state index is 12.2. The van der Waals surface area contributed by atoms with Gasteiger partial charge < -0.3 is 15.0 Å². The van der Waals surface area contributed by atoms with Crippen LogP contribution >= 0.6 is 11.3 Å². The molecule has 0 radical (unpaired) electrons. The van der Waals surface area contributed by atoms with Crippen molar-refractivity contribution in [1.82, 2.24) is 4.90 Å². The van der Waals surface area contributed by atoms with E-state index in [1.165, 1.54) is 16.2 Å². The summed E-state index contributed by atoms with van der Waals surface area (Å²) in [7, 11) is 0. The minimum Gasteiger partial charge on any atom is -0.454 e. The molecule has 1 N–H and O–H groups in total. The van der Waals surface area contributed by atoms with Gasteiger partial charge in [0.05, 0.1) is 5.56 Å². The molecule has 28 heavy (non-hydrogen) atoms. The summed E-state index contributed by atoms with van der Waals surface area (Å²) in [5.74, 6) is -0.538. The van der Waals surface area contributed by atoms with Crippen molar-refractivity contribution >= 4 is 34.1 Å². The topological polar surface area (TPSA) is 99.5 Å². The maximum Gasteiger partial charge on any atom is 0.326 e. The standard InChI is InChI=1S/C20H25N3O4S/c1-13-6-7-14-15(10-21)20(28-16(14)9-13)22-17(24)12-27-19(26)11-23-8-4-2-3-5-18(23)25/h13H,2-9,11-12H2,1H3,(H,22,24)/t13-/m1/s1. The average molecular weight is 404 g/mol. The van der Waals surface area contributed by atoms with Gasteiger partial charge in [0.15, 0.2) is 6.61 Å². The molecule has 2 aliphatic rings. The summed E-state index contributed by atoms with van der Waals surface area (Å²) in [6.45, 7) is 2.18. The van der Waals surface area contributed by atoms with Crippen LogP contribution in [0.3, 0.4) is 0 Å². The number of carbonyl (C=O) groups excluding carboxylic acids is 3. The van der Waals surface area contributed by atoms with E-state index in [-0.39, 0.29) is 12.5 Å². The zero-order valence-electron chi connectivity index (χ0n) is 16.1. The van der Waals surface area contributed by atoms with Gasteiger partial charge in [-0.3, -0.25) is 14.4 Å². The van der Waals surface area contributed by atoms with E-state index in [4.69, 9.17) is 4.74 Å². The van der Waals surface area contributed by atoms with Crippen molar-refractivity contribution in [2.45, 2.75) is 51.9 Å². The first kappa shape index (κ1) is 20.3. The number of hydrogen-bond acceptors (Lipinski definition) is 6. The summed E-state index contributed by atoms with van der Waals surface area (Å²) < 4.78 is 5.04. The smallest absolute Gasteiger partial charge is 0.326 e. The molecule has 1 aromatic heterocycles. The molecule has 7 nitrogen and oxygen atoms in total. The van der Waals surface area contributed by atoms with E-state index < -0.39 is 18.5 Å². The minimum atomic E-state index is -0.592. The highest BCUT2D eigenvalue weighted by Gasteiger charge is 2.25. The first-order valence-corrected chi connectivity index (χ1v) is 10.6. The van der Waals surface area contributed by atoms with Crippen molar-refractivity contribution in [1.29, 1.82) is 5.26 Å². The summed E-state index contributed by atoms with van der Waals surface area (Å²) in [6.07, 6.45) is 5.96. The molecular formula is C20H25N3O4S. The first-order valence-electron chi connectivity index (χ1n) is 9.75. The van der Waals surface area contributed by atoms with Crippen molar-refractivity contribution in [3.63, 3.8) is 0 Å². The van der Waals surface area contributed by atoms with E-state index in [9.17, 15) is 19.6 Å². The van der Waals surface area contributed by atoms with Crippen LogP contribution in [0.5, 0.6) is 0 Å². The lowest BCUT2D eigenvalue weighted by Crippen LogP contribution is -2.36. The second-order valence-electron chi connectivity index (χ2n) is 7.50. The third-order valence-electron chi connectivity index (χ3n) is 5.23. The molecule has 0 bridgehead atoms. The summed E-state index contributed by atoms with van der Waals surface area (Å²) in [4.78, 5) is 38.8. The van der Waals surface area contributed by atoms with Crippen molar-refractivity contribution in [2.24, 2.45) is 5.92 Å². The Morgan fingerprint density at radius 3 is 2.93 bits per heavy atom. The third-order valence-corrected chi connectivity index (χ3v) is 6.40. The lowest BCUT2D eigenvalue weighted by Gasteiger charge is -2.19. The molecule has 1 saturated heterocycles. The molecule has 1 fully saturated rings. The number of anilines is 1. The van der Waals surface area contributed by atoms with Crippen LogP contribution < -0.4 is 5.32 Å². The minimum absolute atomic E-state index is 0.0454. The van der Waals surface area contributed by atoms with E-state index >= 15 is 0 Å². The fourth-order valence-electron chi connectivity index (χ4n) is 3.67. The number of likely N-dealkylation sites (tertiary alicyclic amines) is 1. The van der Waals surface area contributed by atoms with Crippen molar-refractivity contribution in [2.75, 3.05) is 25.0 Å². The molecule has 1 aliphatic heterocycles. The number of carbonyl (C=O) groups is 3. The van der Waals surface area contributed by atoms with E-state index in [2.05, 4.69) is 18.3 Å². The molecule has 2 heterocycles. The van der Waals surface area contributed by atoms with E-state index in [1.54, 1.807) is 0 Å². The number of ether oxygens (including phenoxy) is 1. The fraction of sp³-hybridized carbons (Fsp3) is 0.600. The Labute approximate surface area is 168 Å². The number of nitrogens with zero attached hydrogens (tertiary/aromatic N) is 2. The van der Waals surface area contributed by atoms with Crippen molar-refractivity contribution < 1.29 is 19.1 Å². The zero-order chi connectivity index (χ0) is 20.1. The van der Waals surface area contributed by atoms with Crippen LogP contribution in [0.4, 0.5) is 5.00 Å². The number of esters is 1. The molecule has 0 aromatic carbocycles. The lowest BCUT2D eigenvalue weighted by molar-refractivity contribution is -0.151. The number of nitriles is 1. The zero-order valence-corrected chi connectivity index (χ0v) is 16.9. The highest BCUT2D eigenvalue weighted by molar-refractivity contribution is 7.16. The van der Waals surface area contributed by atoms with Gasteiger partial charge >= 0.3 is 5.97 Å². The molecule has 3 rings (SSSR count). The average Bonchev–Trinajstić information content (AvgIpc) is 2.87. The molecule has 0 saturated carbocycles. The second kappa shape index (κ2) is 9.20. The molecule has 0 spiro atoms. The van der Waals surface area contributed by atoms with Gasteiger partial charge in [-0.05, 0) is 43.6 Å². The predicted octanol–water partition coefficient (Wildman–Crippen LogP) is 2.63. The quantitative estimate of drug-likeness (QED) is 0.762. The Morgan fingerprint density at radius 1 is 1.32 bits per heavy atom.